The number of thioether (sulfide) groups is 1. The zero-order valence-electron chi connectivity index (χ0n) is 6.63. The van der Waals surface area contributed by atoms with E-state index in [2.05, 4.69) is 13.0 Å². The monoisotopic (exact) mass is 196 g/mol. The van der Waals surface area contributed by atoms with Crippen molar-refractivity contribution in [1.82, 2.24) is 0 Å². The molecule has 0 fully saturated rings. The third-order valence-electron chi connectivity index (χ3n) is 1.90. The predicted octanol–water partition coefficient (Wildman–Crippen LogP) is 2.24. The van der Waals surface area contributed by atoms with E-state index in [4.69, 9.17) is 11.0 Å². The molecule has 1 aliphatic rings. The summed E-state index contributed by atoms with van der Waals surface area (Å²) in [6.07, 6.45) is 1.02. The van der Waals surface area contributed by atoms with Crippen molar-refractivity contribution in [3.05, 3.63) is 10.4 Å². The number of hydrogen-bond acceptors (Lipinski definition) is 4. The molecule has 2 nitrogen and oxygen atoms in total. The van der Waals surface area contributed by atoms with E-state index in [9.17, 15) is 0 Å². The molecule has 0 aliphatic carbocycles. The number of nitrogens with two attached hydrogens (primary N) is 1. The zero-order chi connectivity index (χ0) is 8.72. The number of nitrogens with zero attached hydrogens (tertiary/aromatic N) is 1. The van der Waals surface area contributed by atoms with Crippen molar-refractivity contribution in [2.75, 3.05) is 5.73 Å². The van der Waals surface area contributed by atoms with E-state index in [1.807, 2.05) is 0 Å². The standard InChI is InChI=1S/C8H8N2S2/c1-4-2-5-7(11-4)6(3-9)12-8(5)10/h4H,2,10H2,1H3. The highest BCUT2D eigenvalue weighted by molar-refractivity contribution is 8.00. The lowest BCUT2D eigenvalue weighted by Crippen LogP contribution is -1.93. The highest BCUT2D eigenvalue weighted by Crippen LogP contribution is 2.46. The second-order valence-electron chi connectivity index (χ2n) is 2.85. The topological polar surface area (TPSA) is 49.8 Å². The average molecular weight is 196 g/mol. The van der Waals surface area contributed by atoms with Crippen LogP contribution in [0.15, 0.2) is 4.90 Å². The van der Waals surface area contributed by atoms with Crippen LogP contribution < -0.4 is 5.73 Å². The molecule has 12 heavy (non-hydrogen) atoms. The van der Waals surface area contributed by atoms with Gasteiger partial charge in [0.25, 0.3) is 0 Å². The molecule has 1 aliphatic heterocycles. The van der Waals surface area contributed by atoms with Crippen LogP contribution in [-0.4, -0.2) is 5.25 Å². The molecule has 0 bridgehead atoms. The van der Waals surface area contributed by atoms with Crippen LogP contribution in [0, 0.1) is 11.3 Å². The highest BCUT2D eigenvalue weighted by atomic mass is 32.2. The Morgan fingerprint density at radius 1 is 1.67 bits per heavy atom. The van der Waals surface area contributed by atoms with Gasteiger partial charge in [-0.3, -0.25) is 0 Å². The maximum atomic E-state index is 8.79. The van der Waals surface area contributed by atoms with Gasteiger partial charge in [0.2, 0.25) is 0 Å². The Labute approximate surface area is 79.4 Å². The number of anilines is 1. The lowest BCUT2D eigenvalue weighted by atomic mass is 10.2. The van der Waals surface area contributed by atoms with Gasteiger partial charge in [0.1, 0.15) is 10.9 Å². The Morgan fingerprint density at radius 2 is 2.42 bits per heavy atom. The van der Waals surface area contributed by atoms with E-state index >= 15 is 0 Å². The van der Waals surface area contributed by atoms with Gasteiger partial charge >= 0.3 is 0 Å². The Balaban J connectivity index is 2.54. The van der Waals surface area contributed by atoms with Crippen molar-refractivity contribution in [3.63, 3.8) is 0 Å². The van der Waals surface area contributed by atoms with Gasteiger partial charge in [-0.1, -0.05) is 6.92 Å². The molecule has 1 atom stereocenters. The highest BCUT2D eigenvalue weighted by Gasteiger charge is 2.26. The summed E-state index contributed by atoms with van der Waals surface area (Å²) in [4.78, 5) is 1.92. The molecule has 4 heteroatoms. The van der Waals surface area contributed by atoms with E-state index in [1.54, 1.807) is 11.8 Å². The fraction of sp³-hybridized carbons (Fsp3) is 0.375. The second kappa shape index (κ2) is 2.68. The van der Waals surface area contributed by atoms with E-state index in [-0.39, 0.29) is 0 Å². The molecular weight excluding hydrogens is 188 g/mol. The molecule has 62 valence electrons. The molecule has 2 N–H and O–H groups in total. The van der Waals surface area contributed by atoms with Crippen molar-refractivity contribution in [3.8, 4) is 6.07 Å². The van der Waals surface area contributed by atoms with Crippen molar-refractivity contribution >= 4 is 28.1 Å². The molecule has 0 saturated heterocycles. The summed E-state index contributed by atoms with van der Waals surface area (Å²) >= 11 is 3.19. The summed E-state index contributed by atoms with van der Waals surface area (Å²) in [6, 6.07) is 2.19. The summed E-state index contributed by atoms with van der Waals surface area (Å²) in [5, 5.41) is 10.2. The van der Waals surface area contributed by atoms with Crippen molar-refractivity contribution in [1.29, 1.82) is 5.26 Å². The molecule has 0 radical (unpaired) electrons. The molecule has 2 rings (SSSR count). The summed E-state index contributed by atoms with van der Waals surface area (Å²) in [5.41, 5.74) is 6.99. The lowest BCUT2D eigenvalue weighted by molar-refractivity contribution is 0.967. The Hall–Kier alpha value is -0.660. The largest absolute Gasteiger partial charge is 0.390 e. The minimum absolute atomic E-state index is 0.581. The third kappa shape index (κ3) is 1.01. The number of hydrogen-bond donors (Lipinski definition) is 1. The first-order chi connectivity index (χ1) is 5.72. The van der Waals surface area contributed by atoms with E-state index in [0.717, 1.165) is 21.2 Å². The Kier molecular flexibility index (Phi) is 1.78. The summed E-state index contributed by atoms with van der Waals surface area (Å²) in [6.45, 7) is 2.16. The average Bonchev–Trinajstić information content (AvgIpc) is 2.52. The van der Waals surface area contributed by atoms with Crippen LogP contribution in [0.2, 0.25) is 0 Å². The molecule has 1 aromatic rings. The fourth-order valence-corrected chi connectivity index (χ4v) is 3.65. The van der Waals surface area contributed by atoms with Crippen LogP contribution in [0.25, 0.3) is 0 Å². The third-order valence-corrected chi connectivity index (χ3v) is 4.25. The first-order valence-corrected chi connectivity index (χ1v) is 5.40. The number of nitrogen functional groups attached to an aromatic ring is 1. The lowest BCUT2D eigenvalue weighted by Gasteiger charge is -1.96. The van der Waals surface area contributed by atoms with Crippen LogP contribution in [0.1, 0.15) is 17.4 Å². The molecule has 0 spiro atoms. The number of thiophene rings is 1. The summed E-state index contributed by atoms with van der Waals surface area (Å²) in [5.74, 6) is 0. The first-order valence-electron chi connectivity index (χ1n) is 3.70. The van der Waals surface area contributed by atoms with Gasteiger partial charge in [-0.15, -0.1) is 23.1 Å². The summed E-state index contributed by atoms with van der Waals surface area (Å²) in [7, 11) is 0. The van der Waals surface area contributed by atoms with E-state index < -0.39 is 0 Å². The smallest absolute Gasteiger partial charge is 0.120 e. The quantitative estimate of drug-likeness (QED) is 0.692. The molecule has 0 saturated carbocycles. The van der Waals surface area contributed by atoms with Crippen LogP contribution in [0.3, 0.4) is 0 Å². The number of rotatable bonds is 0. The molecular formula is C8H8N2S2. The number of fused-ring (bicyclic) bond motifs is 1. The number of nitriles is 1. The van der Waals surface area contributed by atoms with E-state index in [0.29, 0.717) is 5.25 Å². The maximum absolute atomic E-state index is 8.79. The molecule has 2 heterocycles. The fourth-order valence-electron chi connectivity index (χ4n) is 1.39. The minimum atomic E-state index is 0.581. The van der Waals surface area contributed by atoms with Crippen LogP contribution in [0.4, 0.5) is 5.00 Å². The van der Waals surface area contributed by atoms with Crippen LogP contribution in [-0.2, 0) is 6.42 Å². The SMILES string of the molecule is CC1Cc2c(N)sc(C#N)c2S1. The molecule has 1 aromatic heterocycles. The predicted molar refractivity (Wildman–Crippen MR) is 52.5 cm³/mol. The normalized spacial score (nSPS) is 20.5. The van der Waals surface area contributed by atoms with Gasteiger partial charge < -0.3 is 5.73 Å². The van der Waals surface area contributed by atoms with Gasteiger partial charge in [0.15, 0.2) is 0 Å². The maximum Gasteiger partial charge on any atom is 0.120 e. The zero-order valence-corrected chi connectivity index (χ0v) is 8.26. The van der Waals surface area contributed by atoms with Gasteiger partial charge in [-0.25, -0.2) is 0 Å². The Morgan fingerprint density at radius 3 is 3.08 bits per heavy atom. The van der Waals surface area contributed by atoms with Crippen molar-refractivity contribution < 1.29 is 0 Å². The van der Waals surface area contributed by atoms with Gasteiger partial charge in [-0.2, -0.15) is 5.26 Å². The first kappa shape index (κ1) is 7.96. The van der Waals surface area contributed by atoms with E-state index in [1.165, 1.54) is 16.9 Å². The second-order valence-corrected chi connectivity index (χ2v) is 5.35. The molecule has 0 aromatic carbocycles. The van der Waals surface area contributed by atoms with Gasteiger partial charge in [0, 0.05) is 15.7 Å². The Bertz CT molecular complexity index is 362. The minimum Gasteiger partial charge on any atom is -0.390 e. The van der Waals surface area contributed by atoms with Gasteiger partial charge in [0.05, 0.1) is 5.00 Å². The summed E-state index contributed by atoms with van der Waals surface area (Å²) < 4.78 is 0. The molecule has 0 amide bonds. The van der Waals surface area contributed by atoms with Crippen molar-refractivity contribution in [2.24, 2.45) is 0 Å². The van der Waals surface area contributed by atoms with Crippen LogP contribution in [0.5, 0.6) is 0 Å². The van der Waals surface area contributed by atoms with Crippen molar-refractivity contribution in [2.45, 2.75) is 23.5 Å². The van der Waals surface area contributed by atoms with Gasteiger partial charge in [-0.05, 0) is 6.42 Å². The molecule has 1 unspecified atom stereocenters. The van der Waals surface area contributed by atoms with Crippen LogP contribution >= 0.6 is 23.1 Å².